The van der Waals surface area contributed by atoms with Crippen molar-refractivity contribution in [2.45, 2.75) is 32.4 Å². The van der Waals surface area contributed by atoms with Gasteiger partial charge in [0.25, 0.3) is 0 Å². The predicted molar refractivity (Wildman–Crippen MR) is 78.9 cm³/mol. The number of nitrogens with zero attached hydrogens (tertiary/aromatic N) is 1. The van der Waals surface area contributed by atoms with Crippen LogP contribution in [0.5, 0.6) is 0 Å². The van der Waals surface area contributed by atoms with Gasteiger partial charge in [0, 0.05) is 26.2 Å². The van der Waals surface area contributed by atoms with Crippen LogP contribution in [0.15, 0.2) is 24.3 Å². The van der Waals surface area contributed by atoms with Crippen molar-refractivity contribution in [3.8, 4) is 0 Å². The van der Waals surface area contributed by atoms with E-state index in [-0.39, 0.29) is 0 Å². The normalized spacial score (nSPS) is 16.8. The minimum atomic E-state index is 0.317. The minimum Gasteiger partial charge on any atom is -0.380 e. The topological polar surface area (TPSA) is 38.5 Å². The molecule has 1 fully saturated rings. The predicted octanol–water partition coefficient (Wildman–Crippen LogP) is 2.56. The smallest absolute Gasteiger partial charge is 0.0716 e. The van der Waals surface area contributed by atoms with Crippen LogP contribution in [0.2, 0.25) is 0 Å². The lowest BCUT2D eigenvalue weighted by molar-refractivity contribution is 0.175. The van der Waals surface area contributed by atoms with Crippen molar-refractivity contribution in [3.63, 3.8) is 0 Å². The summed E-state index contributed by atoms with van der Waals surface area (Å²) in [5, 5.41) is 0. The molecule has 0 amide bonds. The first kappa shape index (κ1) is 14.5. The molecule has 1 aliphatic carbocycles. The van der Waals surface area contributed by atoms with E-state index in [9.17, 15) is 0 Å². The Kier molecular flexibility index (Phi) is 5.37. The number of likely N-dealkylation sites (N-methyl/N-ethyl adjacent to an activating group) is 1. The van der Waals surface area contributed by atoms with Crippen LogP contribution in [-0.4, -0.2) is 31.6 Å². The van der Waals surface area contributed by atoms with Gasteiger partial charge in [0.1, 0.15) is 0 Å². The third kappa shape index (κ3) is 3.78. The van der Waals surface area contributed by atoms with Gasteiger partial charge in [-0.1, -0.05) is 31.2 Å². The zero-order chi connectivity index (χ0) is 13.7. The number of hydrogen-bond acceptors (Lipinski definition) is 3. The van der Waals surface area contributed by atoms with Gasteiger partial charge < -0.3 is 10.5 Å². The standard InChI is InChI=1S/C16H26N2O/c1-3-18(11-13-8-9-13)16(10-17)15-7-5-4-6-14(15)12-19-2/h4-7,13,16H,3,8-12,17H2,1-2H3. The molecule has 0 aliphatic heterocycles. The maximum atomic E-state index is 6.06. The maximum absolute atomic E-state index is 6.06. The van der Waals surface area contributed by atoms with Gasteiger partial charge in [-0.05, 0) is 36.4 Å². The zero-order valence-electron chi connectivity index (χ0n) is 12.1. The lowest BCUT2D eigenvalue weighted by Crippen LogP contribution is -2.35. The second-order valence-electron chi connectivity index (χ2n) is 5.41. The van der Waals surface area contributed by atoms with E-state index in [0.717, 1.165) is 12.5 Å². The first-order valence-electron chi connectivity index (χ1n) is 7.31. The van der Waals surface area contributed by atoms with E-state index in [2.05, 4.69) is 36.1 Å². The summed E-state index contributed by atoms with van der Waals surface area (Å²) < 4.78 is 5.31. The van der Waals surface area contributed by atoms with Crippen LogP contribution in [0.3, 0.4) is 0 Å². The van der Waals surface area contributed by atoms with E-state index < -0.39 is 0 Å². The molecule has 1 aliphatic rings. The second kappa shape index (κ2) is 7.04. The van der Waals surface area contributed by atoms with Crippen LogP contribution >= 0.6 is 0 Å². The van der Waals surface area contributed by atoms with Crippen LogP contribution < -0.4 is 5.73 Å². The van der Waals surface area contributed by atoms with Gasteiger partial charge in [-0.15, -0.1) is 0 Å². The molecule has 106 valence electrons. The van der Waals surface area contributed by atoms with Crippen molar-refractivity contribution in [2.24, 2.45) is 11.7 Å². The molecule has 0 bridgehead atoms. The van der Waals surface area contributed by atoms with Crippen molar-refractivity contribution >= 4 is 0 Å². The molecule has 3 nitrogen and oxygen atoms in total. The van der Waals surface area contributed by atoms with E-state index >= 15 is 0 Å². The van der Waals surface area contributed by atoms with E-state index in [4.69, 9.17) is 10.5 Å². The molecule has 0 spiro atoms. The quantitative estimate of drug-likeness (QED) is 0.782. The Morgan fingerprint density at radius 1 is 1.37 bits per heavy atom. The Hall–Kier alpha value is -0.900. The molecule has 1 atom stereocenters. The molecule has 3 heteroatoms. The van der Waals surface area contributed by atoms with Gasteiger partial charge in [-0.25, -0.2) is 0 Å². The third-order valence-electron chi connectivity index (χ3n) is 3.97. The average molecular weight is 262 g/mol. The number of ether oxygens (including phenoxy) is 1. The first-order chi connectivity index (χ1) is 9.30. The Morgan fingerprint density at radius 2 is 2.11 bits per heavy atom. The van der Waals surface area contributed by atoms with Crippen molar-refractivity contribution in [2.75, 3.05) is 26.7 Å². The molecule has 2 rings (SSSR count). The summed E-state index contributed by atoms with van der Waals surface area (Å²) in [4.78, 5) is 2.52. The fourth-order valence-corrected chi connectivity index (χ4v) is 2.73. The monoisotopic (exact) mass is 262 g/mol. The minimum absolute atomic E-state index is 0.317. The summed E-state index contributed by atoms with van der Waals surface area (Å²) in [6.45, 7) is 5.79. The first-order valence-corrected chi connectivity index (χ1v) is 7.31. The van der Waals surface area contributed by atoms with Crippen LogP contribution in [0.4, 0.5) is 0 Å². The lowest BCUT2D eigenvalue weighted by Gasteiger charge is -2.31. The van der Waals surface area contributed by atoms with Gasteiger partial charge in [0.05, 0.1) is 6.61 Å². The average Bonchev–Trinajstić information content (AvgIpc) is 3.24. The number of nitrogens with two attached hydrogens (primary N) is 1. The number of rotatable bonds is 8. The molecule has 0 aromatic heterocycles. The molecule has 0 heterocycles. The fourth-order valence-electron chi connectivity index (χ4n) is 2.73. The highest BCUT2D eigenvalue weighted by Crippen LogP contribution is 2.33. The lowest BCUT2D eigenvalue weighted by atomic mass is 9.99. The molecule has 1 unspecified atom stereocenters. The number of benzene rings is 1. The van der Waals surface area contributed by atoms with E-state index in [1.54, 1.807) is 7.11 Å². The summed E-state index contributed by atoms with van der Waals surface area (Å²) in [6, 6.07) is 8.83. The Balaban J connectivity index is 2.18. The highest BCUT2D eigenvalue weighted by Gasteiger charge is 2.28. The summed E-state index contributed by atoms with van der Waals surface area (Å²) >= 11 is 0. The SMILES string of the molecule is CCN(CC1CC1)C(CN)c1ccccc1COC. The van der Waals surface area contributed by atoms with E-state index in [0.29, 0.717) is 19.2 Å². The summed E-state index contributed by atoms with van der Waals surface area (Å²) in [5.41, 5.74) is 8.65. The summed E-state index contributed by atoms with van der Waals surface area (Å²) in [5.74, 6) is 0.892. The Bertz CT molecular complexity index is 390. The Labute approximate surface area is 116 Å². The van der Waals surface area contributed by atoms with Crippen molar-refractivity contribution in [1.82, 2.24) is 4.90 Å². The third-order valence-corrected chi connectivity index (χ3v) is 3.97. The highest BCUT2D eigenvalue weighted by molar-refractivity contribution is 5.30. The van der Waals surface area contributed by atoms with Crippen molar-refractivity contribution < 1.29 is 4.74 Å². The van der Waals surface area contributed by atoms with Crippen LogP contribution in [-0.2, 0) is 11.3 Å². The highest BCUT2D eigenvalue weighted by atomic mass is 16.5. The van der Waals surface area contributed by atoms with Crippen LogP contribution in [0, 0.1) is 5.92 Å². The molecular weight excluding hydrogens is 236 g/mol. The molecule has 2 N–H and O–H groups in total. The van der Waals surface area contributed by atoms with Gasteiger partial charge in [0.2, 0.25) is 0 Å². The van der Waals surface area contributed by atoms with Gasteiger partial charge >= 0.3 is 0 Å². The Morgan fingerprint density at radius 3 is 2.68 bits per heavy atom. The summed E-state index contributed by atoms with van der Waals surface area (Å²) in [6.07, 6.45) is 2.76. The van der Waals surface area contributed by atoms with Crippen molar-refractivity contribution in [1.29, 1.82) is 0 Å². The van der Waals surface area contributed by atoms with Gasteiger partial charge in [-0.2, -0.15) is 0 Å². The van der Waals surface area contributed by atoms with Crippen LogP contribution in [0.25, 0.3) is 0 Å². The van der Waals surface area contributed by atoms with E-state index in [1.807, 2.05) is 0 Å². The van der Waals surface area contributed by atoms with Crippen LogP contribution in [0.1, 0.15) is 36.9 Å². The molecule has 1 aromatic rings. The molecule has 0 radical (unpaired) electrons. The maximum Gasteiger partial charge on any atom is 0.0716 e. The molecule has 1 saturated carbocycles. The molecular formula is C16H26N2O. The second-order valence-corrected chi connectivity index (χ2v) is 5.41. The zero-order valence-corrected chi connectivity index (χ0v) is 12.1. The molecule has 0 saturated heterocycles. The van der Waals surface area contributed by atoms with Gasteiger partial charge in [-0.3, -0.25) is 4.90 Å². The van der Waals surface area contributed by atoms with Crippen molar-refractivity contribution in [3.05, 3.63) is 35.4 Å². The van der Waals surface area contributed by atoms with E-state index in [1.165, 1.54) is 30.5 Å². The number of methoxy groups -OCH3 is 1. The molecule has 1 aromatic carbocycles. The van der Waals surface area contributed by atoms with Gasteiger partial charge in [0.15, 0.2) is 0 Å². The summed E-state index contributed by atoms with van der Waals surface area (Å²) in [7, 11) is 1.75. The number of hydrogen-bond donors (Lipinski definition) is 1. The molecule has 19 heavy (non-hydrogen) atoms. The largest absolute Gasteiger partial charge is 0.380 e. The fraction of sp³-hybridized carbons (Fsp3) is 0.625.